The molecule has 5 heteroatoms. The molecular formula is C14H23N3O2. The van der Waals surface area contributed by atoms with Gasteiger partial charge in [0.05, 0.1) is 12.3 Å². The molecule has 1 aromatic rings. The standard InChI is InChI=1S/C14H23N3O2/c1-10(2)17-9-11(15)8-13(17)14(19)16(6-7-18)12-4-3-5-12/h8-10,12,18H,3-7,15H2,1-2H3. The number of carbonyl (C=O) groups excluding carboxylic acids is 1. The highest BCUT2D eigenvalue weighted by Gasteiger charge is 2.30. The fourth-order valence-corrected chi connectivity index (χ4v) is 2.50. The summed E-state index contributed by atoms with van der Waals surface area (Å²) in [5, 5.41) is 9.16. The molecule has 106 valence electrons. The number of anilines is 1. The molecule has 1 amide bonds. The van der Waals surface area contributed by atoms with Crippen LogP contribution in [0.5, 0.6) is 0 Å². The van der Waals surface area contributed by atoms with Crippen LogP contribution in [0.4, 0.5) is 5.69 Å². The van der Waals surface area contributed by atoms with Crippen molar-refractivity contribution in [2.45, 2.75) is 45.2 Å². The minimum atomic E-state index is -0.0239. The second-order valence-corrected chi connectivity index (χ2v) is 5.47. The van der Waals surface area contributed by atoms with E-state index in [9.17, 15) is 4.79 Å². The second-order valence-electron chi connectivity index (χ2n) is 5.47. The number of aliphatic hydroxyl groups is 1. The summed E-state index contributed by atoms with van der Waals surface area (Å²) in [7, 11) is 0. The summed E-state index contributed by atoms with van der Waals surface area (Å²) in [6.07, 6.45) is 5.02. The van der Waals surface area contributed by atoms with E-state index in [0.29, 0.717) is 17.9 Å². The van der Waals surface area contributed by atoms with E-state index in [1.807, 2.05) is 18.4 Å². The SMILES string of the molecule is CC(C)n1cc(N)cc1C(=O)N(CCO)C1CCC1. The Morgan fingerprint density at radius 3 is 2.74 bits per heavy atom. The zero-order chi connectivity index (χ0) is 14.0. The molecule has 0 aromatic carbocycles. The van der Waals surface area contributed by atoms with Crippen LogP contribution in [-0.4, -0.2) is 39.7 Å². The van der Waals surface area contributed by atoms with E-state index >= 15 is 0 Å². The summed E-state index contributed by atoms with van der Waals surface area (Å²) >= 11 is 0. The number of aromatic nitrogens is 1. The Bertz CT molecular complexity index is 450. The maximum Gasteiger partial charge on any atom is 0.270 e. The van der Waals surface area contributed by atoms with E-state index < -0.39 is 0 Å². The number of nitrogen functional groups attached to an aromatic ring is 1. The molecule has 0 aliphatic heterocycles. The number of hydrogen-bond acceptors (Lipinski definition) is 3. The zero-order valence-corrected chi connectivity index (χ0v) is 11.7. The fourth-order valence-electron chi connectivity index (χ4n) is 2.50. The Kier molecular flexibility index (Phi) is 4.14. The molecule has 0 spiro atoms. The van der Waals surface area contributed by atoms with Crippen LogP contribution in [0.2, 0.25) is 0 Å². The van der Waals surface area contributed by atoms with Gasteiger partial charge in [0.1, 0.15) is 5.69 Å². The highest BCUT2D eigenvalue weighted by Crippen LogP contribution is 2.27. The first-order chi connectivity index (χ1) is 9.04. The van der Waals surface area contributed by atoms with E-state index in [2.05, 4.69) is 0 Å². The predicted molar refractivity (Wildman–Crippen MR) is 75.0 cm³/mol. The lowest BCUT2D eigenvalue weighted by Gasteiger charge is -2.37. The van der Waals surface area contributed by atoms with Crippen LogP contribution in [-0.2, 0) is 0 Å². The van der Waals surface area contributed by atoms with E-state index in [1.165, 1.54) is 0 Å². The summed E-state index contributed by atoms with van der Waals surface area (Å²) < 4.78 is 1.90. The van der Waals surface area contributed by atoms with Gasteiger partial charge in [0.15, 0.2) is 0 Å². The maximum atomic E-state index is 12.6. The molecule has 0 bridgehead atoms. The number of hydrogen-bond donors (Lipinski definition) is 2. The normalized spacial score (nSPS) is 15.6. The van der Waals surface area contributed by atoms with Crippen molar-refractivity contribution in [2.75, 3.05) is 18.9 Å². The van der Waals surface area contributed by atoms with Crippen LogP contribution < -0.4 is 5.73 Å². The molecule has 1 saturated carbocycles. The number of nitrogens with two attached hydrogens (primary N) is 1. The molecule has 2 rings (SSSR count). The zero-order valence-electron chi connectivity index (χ0n) is 11.7. The van der Waals surface area contributed by atoms with Crippen molar-refractivity contribution in [1.29, 1.82) is 0 Å². The van der Waals surface area contributed by atoms with Crippen LogP contribution in [0.15, 0.2) is 12.3 Å². The van der Waals surface area contributed by atoms with Gasteiger partial charge in [0, 0.05) is 24.8 Å². The Labute approximate surface area is 114 Å². The molecule has 5 nitrogen and oxygen atoms in total. The summed E-state index contributed by atoms with van der Waals surface area (Å²) in [4.78, 5) is 14.4. The molecule has 0 unspecified atom stereocenters. The smallest absolute Gasteiger partial charge is 0.270 e. The fraction of sp³-hybridized carbons (Fsp3) is 0.643. The van der Waals surface area contributed by atoms with E-state index in [1.54, 1.807) is 17.2 Å². The van der Waals surface area contributed by atoms with Gasteiger partial charge in [-0.1, -0.05) is 0 Å². The molecule has 1 heterocycles. The van der Waals surface area contributed by atoms with Gasteiger partial charge in [-0.2, -0.15) is 0 Å². The molecule has 19 heavy (non-hydrogen) atoms. The molecule has 0 saturated heterocycles. The van der Waals surface area contributed by atoms with Crippen molar-refractivity contribution in [3.63, 3.8) is 0 Å². The summed E-state index contributed by atoms with van der Waals surface area (Å²) in [6.45, 7) is 4.44. The Balaban J connectivity index is 2.25. The number of rotatable bonds is 5. The third-order valence-corrected chi connectivity index (χ3v) is 3.76. The maximum absolute atomic E-state index is 12.6. The Morgan fingerprint density at radius 1 is 1.58 bits per heavy atom. The van der Waals surface area contributed by atoms with Crippen molar-refractivity contribution < 1.29 is 9.90 Å². The van der Waals surface area contributed by atoms with Gasteiger partial charge in [-0.3, -0.25) is 4.79 Å². The van der Waals surface area contributed by atoms with E-state index in [4.69, 9.17) is 10.8 Å². The second kappa shape index (κ2) is 5.65. The lowest BCUT2D eigenvalue weighted by atomic mass is 9.91. The summed E-state index contributed by atoms with van der Waals surface area (Å²) in [5.74, 6) is -0.0239. The number of amides is 1. The van der Waals surface area contributed by atoms with Gasteiger partial charge in [-0.25, -0.2) is 0 Å². The molecule has 1 aliphatic rings. The first kappa shape index (κ1) is 13.9. The van der Waals surface area contributed by atoms with Crippen molar-refractivity contribution in [1.82, 2.24) is 9.47 Å². The molecule has 0 radical (unpaired) electrons. The molecular weight excluding hydrogens is 242 g/mol. The summed E-state index contributed by atoms with van der Waals surface area (Å²) in [6, 6.07) is 2.19. The number of aliphatic hydroxyl groups excluding tert-OH is 1. The molecule has 0 atom stereocenters. The van der Waals surface area contributed by atoms with Crippen LogP contribution in [0, 0.1) is 0 Å². The van der Waals surface area contributed by atoms with E-state index in [-0.39, 0.29) is 24.6 Å². The Hall–Kier alpha value is -1.49. The summed E-state index contributed by atoms with van der Waals surface area (Å²) in [5.41, 5.74) is 7.04. The van der Waals surface area contributed by atoms with Crippen LogP contribution in [0.25, 0.3) is 0 Å². The molecule has 1 aliphatic carbocycles. The highest BCUT2D eigenvalue weighted by molar-refractivity contribution is 5.94. The van der Waals surface area contributed by atoms with Crippen molar-refractivity contribution in [2.24, 2.45) is 0 Å². The predicted octanol–water partition coefficient (Wildman–Crippen LogP) is 1.64. The Morgan fingerprint density at radius 2 is 2.26 bits per heavy atom. The monoisotopic (exact) mass is 265 g/mol. The van der Waals surface area contributed by atoms with Crippen LogP contribution >= 0.6 is 0 Å². The first-order valence-corrected chi connectivity index (χ1v) is 6.93. The average Bonchev–Trinajstić information content (AvgIpc) is 2.67. The van der Waals surface area contributed by atoms with Gasteiger partial charge < -0.3 is 20.3 Å². The minimum Gasteiger partial charge on any atom is -0.397 e. The lowest BCUT2D eigenvalue weighted by Crippen LogP contribution is -2.46. The number of nitrogens with zero attached hydrogens (tertiary/aromatic N) is 2. The van der Waals surface area contributed by atoms with Crippen LogP contribution in [0.3, 0.4) is 0 Å². The van der Waals surface area contributed by atoms with Crippen molar-refractivity contribution >= 4 is 11.6 Å². The van der Waals surface area contributed by atoms with Crippen molar-refractivity contribution in [3.8, 4) is 0 Å². The van der Waals surface area contributed by atoms with Gasteiger partial charge in [-0.05, 0) is 39.2 Å². The minimum absolute atomic E-state index is 0.000108. The van der Waals surface area contributed by atoms with E-state index in [0.717, 1.165) is 19.3 Å². The van der Waals surface area contributed by atoms with Crippen molar-refractivity contribution in [3.05, 3.63) is 18.0 Å². The number of carbonyl (C=O) groups is 1. The largest absolute Gasteiger partial charge is 0.397 e. The van der Waals surface area contributed by atoms with Gasteiger partial charge in [0.2, 0.25) is 0 Å². The average molecular weight is 265 g/mol. The third kappa shape index (κ3) is 2.76. The topological polar surface area (TPSA) is 71.5 Å². The van der Waals surface area contributed by atoms with Gasteiger partial charge in [-0.15, -0.1) is 0 Å². The highest BCUT2D eigenvalue weighted by atomic mass is 16.3. The quantitative estimate of drug-likeness (QED) is 0.850. The van der Waals surface area contributed by atoms with Gasteiger partial charge in [0.25, 0.3) is 5.91 Å². The third-order valence-electron chi connectivity index (χ3n) is 3.76. The van der Waals surface area contributed by atoms with Crippen LogP contribution in [0.1, 0.15) is 49.6 Å². The molecule has 1 fully saturated rings. The molecule has 1 aromatic heterocycles. The molecule has 3 N–H and O–H groups in total. The first-order valence-electron chi connectivity index (χ1n) is 6.93. The van der Waals surface area contributed by atoms with Gasteiger partial charge >= 0.3 is 0 Å². The lowest BCUT2D eigenvalue weighted by molar-refractivity contribution is 0.0513.